The average molecular weight is 267 g/mol. The Bertz CT molecular complexity index is 717. The number of rotatable bonds is 3. The summed E-state index contributed by atoms with van der Waals surface area (Å²) >= 11 is 0. The highest BCUT2D eigenvalue weighted by Crippen LogP contribution is 2.22. The highest BCUT2D eigenvalue weighted by molar-refractivity contribution is 6.04. The minimum absolute atomic E-state index is 0.00627. The Hall–Kier alpha value is -2.54. The molecule has 0 aliphatic carbocycles. The molecule has 4 heteroatoms. The van der Waals surface area contributed by atoms with E-state index in [9.17, 15) is 4.79 Å². The van der Waals surface area contributed by atoms with E-state index in [2.05, 4.69) is 5.32 Å². The largest absolute Gasteiger partial charge is 0.350 e. The van der Waals surface area contributed by atoms with Gasteiger partial charge in [0.25, 0.3) is 5.91 Å². The van der Waals surface area contributed by atoms with Gasteiger partial charge in [0.1, 0.15) is 11.6 Å². The van der Waals surface area contributed by atoms with Gasteiger partial charge in [-0.3, -0.25) is 4.79 Å². The van der Waals surface area contributed by atoms with Gasteiger partial charge in [0, 0.05) is 35.8 Å². The molecule has 0 aliphatic rings. The van der Waals surface area contributed by atoms with E-state index >= 15 is 0 Å². The van der Waals surface area contributed by atoms with Crippen LogP contribution >= 0.6 is 0 Å². The lowest BCUT2D eigenvalue weighted by Crippen LogP contribution is -2.30. The highest BCUT2D eigenvalue weighted by Gasteiger charge is 2.12. The van der Waals surface area contributed by atoms with Crippen LogP contribution in [0.2, 0.25) is 0 Å². The van der Waals surface area contributed by atoms with Crippen molar-refractivity contribution < 1.29 is 4.79 Å². The average Bonchev–Trinajstić information content (AvgIpc) is 2.72. The lowest BCUT2D eigenvalue weighted by molar-refractivity contribution is -0.117. The molecule has 1 amide bonds. The van der Waals surface area contributed by atoms with E-state index in [4.69, 9.17) is 5.26 Å². The Morgan fingerprint density at radius 3 is 2.75 bits per heavy atom. The summed E-state index contributed by atoms with van der Waals surface area (Å²) in [5.41, 5.74) is 2.06. The standard InChI is InChI=1S/C16H17N3O/c1-11(2)18-16(20)12(9-17)8-13-10-19(3)15-7-5-4-6-14(13)15/h4-8,10-11H,1-3H3,(H,18,20)/b12-8+. The van der Waals surface area contributed by atoms with Gasteiger partial charge in [0.15, 0.2) is 0 Å². The van der Waals surface area contributed by atoms with Crippen LogP contribution in [-0.2, 0) is 11.8 Å². The number of para-hydroxylation sites is 1. The molecular weight excluding hydrogens is 250 g/mol. The Labute approximate surface area is 118 Å². The number of nitrogens with zero attached hydrogens (tertiary/aromatic N) is 2. The molecule has 2 rings (SSSR count). The van der Waals surface area contributed by atoms with Crippen LogP contribution in [0.3, 0.4) is 0 Å². The van der Waals surface area contributed by atoms with Crippen LogP contribution in [-0.4, -0.2) is 16.5 Å². The Kier molecular flexibility index (Phi) is 3.90. The topological polar surface area (TPSA) is 57.8 Å². The molecule has 1 aromatic heterocycles. The molecule has 0 aliphatic heterocycles. The third kappa shape index (κ3) is 2.72. The van der Waals surface area contributed by atoms with Crippen molar-refractivity contribution in [2.45, 2.75) is 19.9 Å². The van der Waals surface area contributed by atoms with Crippen LogP contribution in [0.15, 0.2) is 36.0 Å². The smallest absolute Gasteiger partial charge is 0.262 e. The lowest BCUT2D eigenvalue weighted by Gasteiger charge is -2.06. The van der Waals surface area contributed by atoms with Crippen molar-refractivity contribution in [3.05, 3.63) is 41.6 Å². The molecule has 0 saturated carbocycles. The van der Waals surface area contributed by atoms with E-state index in [0.29, 0.717) is 0 Å². The maximum atomic E-state index is 11.9. The van der Waals surface area contributed by atoms with Crippen LogP contribution in [0.4, 0.5) is 0 Å². The number of aryl methyl sites for hydroxylation is 1. The number of fused-ring (bicyclic) bond motifs is 1. The van der Waals surface area contributed by atoms with Crippen LogP contribution in [0.5, 0.6) is 0 Å². The first-order valence-electron chi connectivity index (χ1n) is 6.49. The molecule has 0 radical (unpaired) electrons. The summed E-state index contributed by atoms with van der Waals surface area (Å²) in [4.78, 5) is 11.9. The SMILES string of the molecule is CC(C)NC(=O)/C(C#N)=C/c1cn(C)c2ccccc12. The van der Waals surface area contributed by atoms with Gasteiger partial charge in [-0.15, -0.1) is 0 Å². The fourth-order valence-corrected chi connectivity index (χ4v) is 2.13. The number of hydrogen-bond acceptors (Lipinski definition) is 2. The maximum absolute atomic E-state index is 11.9. The van der Waals surface area contributed by atoms with Crippen LogP contribution in [0, 0.1) is 11.3 Å². The van der Waals surface area contributed by atoms with Crippen molar-refractivity contribution in [3.63, 3.8) is 0 Å². The van der Waals surface area contributed by atoms with E-state index in [1.165, 1.54) is 0 Å². The van der Waals surface area contributed by atoms with Gasteiger partial charge in [-0.1, -0.05) is 18.2 Å². The molecule has 102 valence electrons. The van der Waals surface area contributed by atoms with E-state index in [1.807, 2.05) is 62.0 Å². The quantitative estimate of drug-likeness (QED) is 0.686. The summed E-state index contributed by atoms with van der Waals surface area (Å²) in [5.74, 6) is -0.338. The first-order chi connectivity index (χ1) is 9.52. The number of aromatic nitrogens is 1. The third-order valence-electron chi connectivity index (χ3n) is 3.01. The maximum Gasteiger partial charge on any atom is 0.262 e. The number of benzene rings is 1. The zero-order valence-corrected chi connectivity index (χ0v) is 11.8. The Morgan fingerprint density at radius 1 is 1.40 bits per heavy atom. The van der Waals surface area contributed by atoms with Gasteiger partial charge in [-0.25, -0.2) is 0 Å². The molecular formula is C16H17N3O. The molecule has 1 aromatic carbocycles. The lowest BCUT2D eigenvalue weighted by atomic mass is 10.1. The molecule has 1 heterocycles. The van der Waals surface area contributed by atoms with Crippen molar-refractivity contribution in [1.29, 1.82) is 5.26 Å². The summed E-state index contributed by atoms with van der Waals surface area (Å²) in [7, 11) is 1.94. The van der Waals surface area contributed by atoms with E-state index in [0.717, 1.165) is 16.5 Å². The monoisotopic (exact) mass is 267 g/mol. The second-order valence-electron chi connectivity index (χ2n) is 5.01. The van der Waals surface area contributed by atoms with Gasteiger partial charge in [0.2, 0.25) is 0 Å². The zero-order valence-electron chi connectivity index (χ0n) is 11.8. The van der Waals surface area contributed by atoms with Crippen LogP contribution in [0.1, 0.15) is 19.4 Å². The number of carbonyl (C=O) groups excluding carboxylic acids is 1. The molecule has 20 heavy (non-hydrogen) atoms. The Morgan fingerprint density at radius 2 is 2.10 bits per heavy atom. The van der Waals surface area contributed by atoms with E-state index < -0.39 is 0 Å². The molecule has 2 aromatic rings. The normalized spacial score (nSPS) is 11.7. The number of nitrogens with one attached hydrogen (secondary N) is 1. The zero-order chi connectivity index (χ0) is 14.7. The summed E-state index contributed by atoms with van der Waals surface area (Å²) in [5, 5.41) is 12.9. The first kappa shape index (κ1) is 13.9. The highest BCUT2D eigenvalue weighted by atomic mass is 16.1. The van der Waals surface area contributed by atoms with Crippen molar-refractivity contribution >= 4 is 22.9 Å². The summed E-state index contributed by atoms with van der Waals surface area (Å²) in [6, 6.07) is 9.87. The minimum atomic E-state index is -0.338. The Balaban J connectivity index is 2.46. The second-order valence-corrected chi connectivity index (χ2v) is 5.01. The van der Waals surface area contributed by atoms with Gasteiger partial charge < -0.3 is 9.88 Å². The van der Waals surface area contributed by atoms with Crippen molar-refractivity contribution in [2.24, 2.45) is 7.05 Å². The number of carbonyl (C=O) groups is 1. The van der Waals surface area contributed by atoms with Crippen molar-refractivity contribution in [2.75, 3.05) is 0 Å². The molecule has 4 nitrogen and oxygen atoms in total. The van der Waals surface area contributed by atoms with Gasteiger partial charge in [-0.2, -0.15) is 5.26 Å². The molecule has 0 atom stereocenters. The third-order valence-corrected chi connectivity index (χ3v) is 3.01. The van der Waals surface area contributed by atoms with Crippen LogP contribution < -0.4 is 5.32 Å². The molecule has 0 unspecified atom stereocenters. The molecule has 0 saturated heterocycles. The fourth-order valence-electron chi connectivity index (χ4n) is 2.13. The van der Waals surface area contributed by atoms with Crippen molar-refractivity contribution in [3.8, 4) is 6.07 Å². The molecule has 0 spiro atoms. The summed E-state index contributed by atoms with van der Waals surface area (Å²) in [6.45, 7) is 3.73. The predicted octanol–water partition coefficient (Wildman–Crippen LogP) is 2.61. The molecule has 0 fully saturated rings. The number of hydrogen-bond donors (Lipinski definition) is 1. The van der Waals surface area contributed by atoms with Gasteiger partial charge >= 0.3 is 0 Å². The fraction of sp³-hybridized carbons (Fsp3) is 0.250. The molecule has 1 N–H and O–H groups in total. The minimum Gasteiger partial charge on any atom is -0.350 e. The summed E-state index contributed by atoms with van der Waals surface area (Å²) in [6.07, 6.45) is 3.56. The van der Waals surface area contributed by atoms with Gasteiger partial charge in [-0.05, 0) is 26.0 Å². The van der Waals surface area contributed by atoms with Gasteiger partial charge in [0.05, 0.1) is 0 Å². The summed E-state index contributed by atoms with van der Waals surface area (Å²) < 4.78 is 1.98. The van der Waals surface area contributed by atoms with Crippen molar-refractivity contribution in [1.82, 2.24) is 9.88 Å². The number of amides is 1. The second kappa shape index (κ2) is 5.62. The molecule has 0 bridgehead atoms. The number of nitriles is 1. The van der Waals surface area contributed by atoms with E-state index in [-0.39, 0.29) is 17.5 Å². The first-order valence-corrected chi connectivity index (χ1v) is 6.49. The van der Waals surface area contributed by atoms with Crippen LogP contribution in [0.25, 0.3) is 17.0 Å². The predicted molar refractivity (Wildman–Crippen MR) is 79.8 cm³/mol. The van der Waals surface area contributed by atoms with E-state index in [1.54, 1.807) is 6.08 Å².